The van der Waals surface area contributed by atoms with Crippen molar-refractivity contribution in [3.63, 3.8) is 0 Å². The van der Waals surface area contributed by atoms with E-state index < -0.39 is 0 Å². The molecule has 1 aromatic rings. The van der Waals surface area contributed by atoms with Gasteiger partial charge in [-0.05, 0) is 62.8 Å². The molecule has 0 amide bonds. The Hall–Kier alpha value is -1.02. The zero-order valence-electron chi connectivity index (χ0n) is 13.2. The van der Waals surface area contributed by atoms with Crippen molar-refractivity contribution in [2.45, 2.75) is 59.4 Å². The summed E-state index contributed by atoms with van der Waals surface area (Å²) in [7, 11) is 1.78. The lowest BCUT2D eigenvalue weighted by Gasteiger charge is -2.18. The molecule has 1 rings (SSSR count). The van der Waals surface area contributed by atoms with Crippen LogP contribution in [0.15, 0.2) is 12.1 Å². The van der Waals surface area contributed by atoms with Crippen LogP contribution < -0.4 is 10.1 Å². The fourth-order valence-corrected chi connectivity index (χ4v) is 2.46. The third-order valence-electron chi connectivity index (χ3n) is 3.90. The summed E-state index contributed by atoms with van der Waals surface area (Å²) >= 11 is 0. The highest BCUT2D eigenvalue weighted by molar-refractivity contribution is 5.45. The highest BCUT2D eigenvalue weighted by Crippen LogP contribution is 2.27. The zero-order chi connectivity index (χ0) is 14.3. The number of methoxy groups -OCH3 is 1. The number of hydrogen-bond acceptors (Lipinski definition) is 2. The Labute approximate surface area is 118 Å². The first kappa shape index (κ1) is 16.0. The summed E-state index contributed by atoms with van der Waals surface area (Å²) in [6.07, 6.45) is 4.64. The van der Waals surface area contributed by atoms with Crippen LogP contribution >= 0.6 is 0 Å². The number of aryl methyl sites for hydroxylation is 2. The minimum absolute atomic E-state index is 0.617. The Morgan fingerprint density at radius 2 is 1.95 bits per heavy atom. The lowest BCUT2D eigenvalue weighted by molar-refractivity contribution is 0.402. The largest absolute Gasteiger partial charge is 0.496 e. The molecule has 2 heteroatoms. The lowest BCUT2D eigenvalue weighted by atomic mass is 9.98. The van der Waals surface area contributed by atoms with Gasteiger partial charge in [-0.1, -0.05) is 26.0 Å². The third kappa shape index (κ3) is 4.54. The number of nitrogens with one attached hydrogen (secondary N) is 1. The molecule has 1 aromatic carbocycles. The van der Waals surface area contributed by atoms with Crippen molar-refractivity contribution >= 4 is 0 Å². The Kier molecular flexibility index (Phi) is 6.93. The Bertz CT molecular complexity index is 387. The van der Waals surface area contributed by atoms with Gasteiger partial charge in [0, 0.05) is 6.04 Å². The molecule has 0 aromatic heterocycles. The van der Waals surface area contributed by atoms with Crippen molar-refractivity contribution in [1.82, 2.24) is 5.32 Å². The standard InChI is InChI=1S/C17H29NO/c1-6-12-18-16(7-2)11-10-15-9-8-13(3)14(4)17(15)19-5/h8-9,16,18H,6-7,10-12H2,1-5H3. The second-order valence-corrected chi connectivity index (χ2v) is 5.30. The van der Waals surface area contributed by atoms with E-state index in [9.17, 15) is 0 Å². The molecule has 1 N–H and O–H groups in total. The molecule has 0 heterocycles. The van der Waals surface area contributed by atoms with Crippen molar-refractivity contribution < 1.29 is 4.74 Å². The molecule has 0 radical (unpaired) electrons. The van der Waals surface area contributed by atoms with Crippen LogP contribution in [-0.2, 0) is 6.42 Å². The van der Waals surface area contributed by atoms with E-state index >= 15 is 0 Å². The molecule has 0 saturated heterocycles. The van der Waals surface area contributed by atoms with Gasteiger partial charge in [0.15, 0.2) is 0 Å². The maximum atomic E-state index is 5.58. The predicted octanol–water partition coefficient (Wildman–Crippen LogP) is 4.02. The van der Waals surface area contributed by atoms with Gasteiger partial charge in [0.1, 0.15) is 5.75 Å². The van der Waals surface area contributed by atoms with Gasteiger partial charge in [0.05, 0.1) is 7.11 Å². The predicted molar refractivity (Wildman–Crippen MR) is 83.2 cm³/mol. The van der Waals surface area contributed by atoms with Crippen LogP contribution in [0, 0.1) is 13.8 Å². The van der Waals surface area contributed by atoms with Gasteiger partial charge in [-0.15, -0.1) is 0 Å². The highest BCUT2D eigenvalue weighted by atomic mass is 16.5. The van der Waals surface area contributed by atoms with Crippen LogP contribution in [0.25, 0.3) is 0 Å². The number of rotatable bonds is 8. The molecule has 0 aliphatic rings. The van der Waals surface area contributed by atoms with Gasteiger partial charge in [0.2, 0.25) is 0 Å². The Morgan fingerprint density at radius 1 is 1.21 bits per heavy atom. The van der Waals surface area contributed by atoms with E-state index in [0.717, 1.165) is 18.7 Å². The van der Waals surface area contributed by atoms with Gasteiger partial charge >= 0.3 is 0 Å². The van der Waals surface area contributed by atoms with E-state index in [1.807, 2.05) is 0 Å². The number of ether oxygens (including phenoxy) is 1. The van der Waals surface area contributed by atoms with Crippen LogP contribution in [0.2, 0.25) is 0 Å². The van der Waals surface area contributed by atoms with Gasteiger partial charge < -0.3 is 10.1 Å². The van der Waals surface area contributed by atoms with E-state index in [1.54, 1.807) is 7.11 Å². The normalized spacial score (nSPS) is 12.5. The van der Waals surface area contributed by atoms with Gasteiger partial charge in [-0.3, -0.25) is 0 Å². The van der Waals surface area contributed by atoms with Crippen molar-refractivity contribution in [2.75, 3.05) is 13.7 Å². The number of hydrogen-bond donors (Lipinski definition) is 1. The van der Waals surface area contributed by atoms with Crippen molar-refractivity contribution in [3.8, 4) is 5.75 Å². The highest BCUT2D eigenvalue weighted by Gasteiger charge is 2.11. The lowest BCUT2D eigenvalue weighted by Crippen LogP contribution is -2.29. The quantitative estimate of drug-likeness (QED) is 0.765. The molecule has 2 nitrogen and oxygen atoms in total. The maximum Gasteiger partial charge on any atom is 0.125 e. The van der Waals surface area contributed by atoms with Crippen molar-refractivity contribution in [1.29, 1.82) is 0 Å². The van der Waals surface area contributed by atoms with Crippen molar-refractivity contribution in [3.05, 3.63) is 28.8 Å². The molecule has 0 spiro atoms. The average Bonchev–Trinajstić information content (AvgIpc) is 2.43. The second kappa shape index (κ2) is 8.21. The van der Waals surface area contributed by atoms with Crippen LogP contribution in [0.3, 0.4) is 0 Å². The smallest absolute Gasteiger partial charge is 0.125 e. The summed E-state index contributed by atoms with van der Waals surface area (Å²) in [6.45, 7) is 9.86. The maximum absolute atomic E-state index is 5.58. The minimum Gasteiger partial charge on any atom is -0.496 e. The molecule has 1 unspecified atom stereocenters. The average molecular weight is 263 g/mol. The summed E-state index contributed by atoms with van der Waals surface area (Å²) in [4.78, 5) is 0. The Morgan fingerprint density at radius 3 is 2.53 bits per heavy atom. The van der Waals surface area contributed by atoms with Gasteiger partial charge in [0.25, 0.3) is 0 Å². The second-order valence-electron chi connectivity index (χ2n) is 5.30. The number of benzene rings is 1. The Balaban J connectivity index is 2.68. The summed E-state index contributed by atoms with van der Waals surface area (Å²) in [5, 5.41) is 3.61. The molecule has 0 aliphatic heterocycles. The molecule has 0 aliphatic carbocycles. The van der Waals surface area contributed by atoms with E-state index in [4.69, 9.17) is 4.74 Å². The summed E-state index contributed by atoms with van der Waals surface area (Å²) in [6, 6.07) is 5.03. The van der Waals surface area contributed by atoms with E-state index in [-0.39, 0.29) is 0 Å². The topological polar surface area (TPSA) is 21.3 Å². The van der Waals surface area contributed by atoms with Crippen LogP contribution in [0.5, 0.6) is 5.75 Å². The SMILES string of the molecule is CCCNC(CC)CCc1ccc(C)c(C)c1OC. The molecular weight excluding hydrogens is 234 g/mol. The molecule has 19 heavy (non-hydrogen) atoms. The minimum atomic E-state index is 0.617. The molecule has 0 saturated carbocycles. The first-order valence-corrected chi connectivity index (χ1v) is 7.50. The van der Waals surface area contributed by atoms with Gasteiger partial charge in [-0.25, -0.2) is 0 Å². The fraction of sp³-hybridized carbons (Fsp3) is 0.647. The fourth-order valence-electron chi connectivity index (χ4n) is 2.46. The van der Waals surface area contributed by atoms with Crippen molar-refractivity contribution in [2.24, 2.45) is 0 Å². The van der Waals surface area contributed by atoms with Crippen LogP contribution in [0.4, 0.5) is 0 Å². The third-order valence-corrected chi connectivity index (χ3v) is 3.90. The van der Waals surface area contributed by atoms with Crippen LogP contribution in [-0.4, -0.2) is 19.7 Å². The van der Waals surface area contributed by atoms with E-state index in [1.165, 1.54) is 36.0 Å². The zero-order valence-corrected chi connectivity index (χ0v) is 13.2. The summed E-state index contributed by atoms with van der Waals surface area (Å²) < 4.78 is 5.58. The van der Waals surface area contributed by atoms with E-state index in [0.29, 0.717) is 6.04 Å². The molecule has 0 fully saturated rings. The molecule has 1 atom stereocenters. The molecular formula is C17H29NO. The molecule has 108 valence electrons. The first-order valence-electron chi connectivity index (χ1n) is 7.50. The van der Waals surface area contributed by atoms with Crippen LogP contribution in [0.1, 0.15) is 49.8 Å². The monoisotopic (exact) mass is 263 g/mol. The van der Waals surface area contributed by atoms with E-state index in [2.05, 4.69) is 45.1 Å². The summed E-state index contributed by atoms with van der Waals surface area (Å²) in [5.41, 5.74) is 3.91. The molecule has 0 bridgehead atoms. The first-order chi connectivity index (χ1) is 9.13. The van der Waals surface area contributed by atoms with Gasteiger partial charge in [-0.2, -0.15) is 0 Å². The summed E-state index contributed by atoms with van der Waals surface area (Å²) in [5.74, 6) is 1.07.